The van der Waals surface area contributed by atoms with Crippen molar-refractivity contribution in [2.24, 2.45) is 11.3 Å². The molecule has 0 aromatic rings. The third-order valence-corrected chi connectivity index (χ3v) is 5.70. The van der Waals surface area contributed by atoms with Gasteiger partial charge in [-0.05, 0) is 51.6 Å². The Balaban J connectivity index is 2.31. The van der Waals surface area contributed by atoms with Crippen molar-refractivity contribution in [1.29, 1.82) is 0 Å². The van der Waals surface area contributed by atoms with Crippen molar-refractivity contribution in [1.82, 2.24) is 9.80 Å². The molecule has 22 heavy (non-hydrogen) atoms. The van der Waals surface area contributed by atoms with E-state index in [2.05, 4.69) is 63.4 Å². The SMILES string of the molecule is C=C(C)/C=C\CN(C)CCN(C)C1CCC(C(C)(C)CC)C1. The highest BCUT2D eigenvalue weighted by molar-refractivity contribution is 5.11. The molecule has 0 heterocycles. The van der Waals surface area contributed by atoms with Crippen LogP contribution in [-0.2, 0) is 0 Å². The van der Waals surface area contributed by atoms with Gasteiger partial charge in [0.15, 0.2) is 0 Å². The molecule has 1 aliphatic carbocycles. The zero-order valence-corrected chi connectivity index (χ0v) is 15.9. The number of nitrogens with zero attached hydrogens (tertiary/aromatic N) is 2. The minimum Gasteiger partial charge on any atom is -0.302 e. The van der Waals surface area contributed by atoms with Crippen LogP contribution in [0.5, 0.6) is 0 Å². The molecule has 1 saturated carbocycles. The molecule has 0 aliphatic heterocycles. The molecule has 2 nitrogen and oxygen atoms in total. The zero-order valence-electron chi connectivity index (χ0n) is 15.9. The van der Waals surface area contributed by atoms with E-state index >= 15 is 0 Å². The van der Waals surface area contributed by atoms with Gasteiger partial charge >= 0.3 is 0 Å². The Morgan fingerprint density at radius 2 is 1.91 bits per heavy atom. The van der Waals surface area contributed by atoms with Crippen LogP contribution in [0.15, 0.2) is 24.3 Å². The molecule has 0 saturated heterocycles. The van der Waals surface area contributed by atoms with Crippen LogP contribution < -0.4 is 0 Å². The highest BCUT2D eigenvalue weighted by Gasteiger charge is 2.36. The molecule has 1 fully saturated rings. The summed E-state index contributed by atoms with van der Waals surface area (Å²) in [7, 11) is 4.51. The van der Waals surface area contributed by atoms with E-state index < -0.39 is 0 Å². The van der Waals surface area contributed by atoms with Crippen LogP contribution in [0.2, 0.25) is 0 Å². The lowest BCUT2D eigenvalue weighted by atomic mass is 9.76. The smallest absolute Gasteiger partial charge is 0.0163 e. The van der Waals surface area contributed by atoms with Crippen LogP contribution in [0.1, 0.15) is 53.4 Å². The Hall–Kier alpha value is -0.600. The fourth-order valence-electron chi connectivity index (χ4n) is 3.39. The van der Waals surface area contributed by atoms with Crippen LogP contribution in [0.3, 0.4) is 0 Å². The summed E-state index contributed by atoms with van der Waals surface area (Å²) in [6.07, 6.45) is 9.78. The zero-order chi connectivity index (χ0) is 16.8. The van der Waals surface area contributed by atoms with Gasteiger partial charge in [-0.15, -0.1) is 0 Å². The fourth-order valence-corrected chi connectivity index (χ4v) is 3.39. The maximum atomic E-state index is 3.90. The summed E-state index contributed by atoms with van der Waals surface area (Å²) >= 11 is 0. The average molecular weight is 307 g/mol. The van der Waals surface area contributed by atoms with E-state index in [4.69, 9.17) is 0 Å². The first-order chi connectivity index (χ1) is 10.3. The lowest BCUT2D eigenvalue weighted by Crippen LogP contribution is -2.37. The maximum Gasteiger partial charge on any atom is 0.0163 e. The van der Waals surface area contributed by atoms with E-state index in [1.807, 2.05) is 6.92 Å². The number of allylic oxidation sites excluding steroid dienone is 2. The van der Waals surface area contributed by atoms with Crippen molar-refractivity contribution < 1.29 is 0 Å². The molecule has 1 aliphatic rings. The van der Waals surface area contributed by atoms with Gasteiger partial charge in [0, 0.05) is 25.7 Å². The number of hydrogen-bond acceptors (Lipinski definition) is 2. The Kier molecular flexibility index (Phi) is 7.85. The third-order valence-electron chi connectivity index (χ3n) is 5.70. The Morgan fingerprint density at radius 3 is 2.50 bits per heavy atom. The summed E-state index contributed by atoms with van der Waals surface area (Å²) in [6, 6.07) is 0.787. The minimum atomic E-state index is 0.514. The Labute approximate surface area is 139 Å². The number of hydrogen-bond donors (Lipinski definition) is 0. The lowest BCUT2D eigenvalue weighted by molar-refractivity contribution is 0.174. The first-order valence-corrected chi connectivity index (χ1v) is 8.97. The second-order valence-corrected chi connectivity index (χ2v) is 8.00. The van der Waals surface area contributed by atoms with Crippen LogP contribution in [0, 0.1) is 11.3 Å². The molecule has 0 aromatic heterocycles. The van der Waals surface area contributed by atoms with E-state index in [1.165, 1.54) is 32.2 Å². The third kappa shape index (κ3) is 6.26. The quantitative estimate of drug-likeness (QED) is 0.575. The van der Waals surface area contributed by atoms with Gasteiger partial charge < -0.3 is 9.80 Å². The molecule has 0 aromatic carbocycles. The Morgan fingerprint density at radius 1 is 1.23 bits per heavy atom. The molecule has 2 heteroatoms. The molecule has 0 N–H and O–H groups in total. The molecule has 2 unspecified atom stereocenters. The van der Waals surface area contributed by atoms with Gasteiger partial charge in [-0.25, -0.2) is 0 Å². The molecule has 1 rings (SSSR count). The van der Waals surface area contributed by atoms with Gasteiger partial charge in [-0.2, -0.15) is 0 Å². The summed E-state index contributed by atoms with van der Waals surface area (Å²) in [5.74, 6) is 0.904. The van der Waals surface area contributed by atoms with Gasteiger partial charge in [0.05, 0.1) is 0 Å². The van der Waals surface area contributed by atoms with Gasteiger partial charge in [-0.3, -0.25) is 0 Å². The first-order valence-electron chi connectivity index (χ1n) is 8.97. The Bertz CT molecular complexity index is 370. The van der Waals surface area contributed by atoms with Crippen molar-refractivity contribution in [2.45, 2.75) is 59.4 Å². The fraction of sp³-hybridized carbons (Fsp3) is 0.800. The summed E-state index contributed by atoms with van der Waals surface area (Å²) in [6.45, 7) is 16.5. The van der Waals surface area contributed by atoms with Crippen molar-refractivity contribution in [2.75, 3.05) is 33.7 Å². The molecule has 0 amide bonds. The van der Waals surface area contributed by atoms with Gasteiger partial charge in [0.1, 0.15) is 0 Å². The topological polar surface area (TPSA) is 6.48 Å². The van der Waals surface area contributed by atoms with Crippen LogP contribution >= 0.6 is 0 Å². The maximum absolute atomic E-state index is 3.90. The summed E-state index contributed by atoms with van der Waals surface area (Å²) in [5.41, 5.74) is 1.64. The molecular formula is C20H38N2. The number of rotatable bonds is 9. The average Bonchev–Trinajstić information content (AvgIpc) is 2.95. The second-order valence-electron chi connectivity index (χ2n) is 8.00. The standard InChI is InChI=1S/C20H38N2/c1-8-20(4,5)18-11-12-19(16-18)22(7)15-14-21(6)13-9-10-17(2)3/h9-10,18-19H,2,8,11-16H2,1,3-7H3/b10-9-. The lowest BCUT2D eigenvalue weighted by Gasteiger charge is -2.32. The van der Waals surface area contributed by atoms with Crippen LogP contribution in [0.25, 0.3) is 0 Å². The highest BCUT2D eigenvalue weighted by atomic mass is 15.2. The van der Waals surface area contributed by atoms with E-state index in [-0.39, 0.29) is 0 Å². The van der Waals surface area contributed by atoms with E-state index in [0.29, 0.717) is 5.41 Å². The molecule has 0 bridgehead atoms. The van der Waals surface area contributed by atoms with E-state index in [1.54, 1.807) is 0 Å². The van der Waals surface area contributed by atoms with Crippen LogP contribution in [-0.4, -0.2) is 49.6 Å². The number of likely N-dealkylation sites (N-methyl/N-ethyl adjacent to an activating group) is 2. The van der Waals surface area contributed by atoms with Crippen molar-refractivity contribution in [3.63, 3.8) is 0 Å². The predicted octanol–water partition coefficient (Wildman–Crippen LogP) is 4.59. The molecule has 0 radical (unpaired) electrons. The van der Waals surface area contributed by atoms with E-state index in [9.17, 15) is 0 Å². The molecular weight excluding hydrogens is 268 g/mol. The highest BCUT2D eigenvalue weighted by Crippen LogP contribution is 2.42. The van der Waals surface area contributed by atoms with Gasteiger partial charge in [0.25, 0.3) is 0 Å². The summed E-state index contributed by atoms with van der Waals surface area (Å²) in [4.78, 5) is 4.98. The summed E-state index contributed by atoms with van der Waals surface area (Å²) in [5, 5.41) is 0. The second kappa shape index (κ2) is 8.88. The normalized spacial score (nSPS) is 23.1. The molecule has 2 atom stereocenters. The van der Waals surface area contributed by atoms with Crippen molar-refractivity contribution >= 4 is 0 Å². The predicted molar refractivity (Wildman–Crippen MR) is 99.3 cm³/mol. The minimum absolute atomic E-state index is 0.514. The van der Waals surface area contributed by atoms with E-state index in [0.717, 1.165) is 30.6 Å². The van der Waals surface area contributed by atoms with Crippen LogP contribution in [0.4, 0.5) is 0 Å². The molecule has 128 valence electrons. The van der Waals surface area contributed by atoms with Gasteiger partial charge in [0.2, 0.25) is 0 Å². The van der Waals surface area contributed by atoms with Crippen molar-refractivity contribution in [3.8, 4) is 0 Å². The largest absolute Gasteiger partial charge is 0.302 e. The van der Waals surface area contributed by atoms with Crippen molar-refractivity contribution in [3.05, 3.63) is 24.3 Å². The first kappa shape index (κ1) is 19.4. The monoisotopic (exact) mass is 306 g/mol. The molecule has 0 spiro atoms. The summed E-state index contributed by atoms with van der Waals surface area (Å²) < 4.78 is 0. The van der Waals surface area contributed by atoms with Gasteiger partial charge in [-0.1, -0.05) is 51.5 Å².